The van der Waals surface area contributed by atoms with E-state index in [9.17, 15) is 4.79 Å². The summed E-state index contributed by atoms with van der Waals surface area (Å²) in [6, 6.07) is 0. The number of nitrogens with two attached hydrogens (primary N) is 1. The number of ketones is 1. The molecular weight excluding hydrogens is 190 g/mol. The summed E-state index contributed by atoms with van der Waals surface area (Å²) in [7, 11) is 1.37. The second kappa shape index (κ2) is 3.99. The number of carbonyl (C=O) groups excluding carboxylic acids is 1. The molecule has 0 aliphatic rings. The van der Waals surface area contributed by atoms with Crippen LogP contribution in [0.1, 0.15) is 12.6 Å². The molecule has 0 radical (unpaired) electrons. The van der Waals surface area contributed by atoms with Crippen molar-refractivity contribution < 1.29 is 9.63 Å². The van der Waals surface area contributed by atoms with Crippen LogP contribution in [0.15, 0.2) is 10.5 Å². The van der Waals surface area contributed by atoms with Gasteiger partial charge in [-0.3, -0.25) is 4.79 Å². The first-order valence-electron chi connectivity index (χ1n) is 3.48. The molecule has 0 bridgehead atoms. The summed E-state index contributed by atoms with van der Waals surface area (Å²) in [6.07, 6.45) is 0. The van der Waals surface area contributed by atoms with E-state index >= 15 is 0 Å². The van der Waals surface area contributed by atoms with Crippen LogP contribution in [0.25, 0.3) is 0 Å². The molecule has 0 aliphatic heterocycles. The number of aromatic nitrogens is 1. The van der Waals surface area contributed by atoms with Gasteiger partial charge in [-0.2, -0.15) is 0 Å². The van der Waals surface area contributed by atoms with Crippen LogP contribution < -0.4 is 5.73 Å². The van der Waals surface area contributed by atoms with E-state index in [1.165, 1.54) is 25.4 Å². The highest BCUT2D eigenvalue weighted by atomic mass is 32.1. The van der Waals surface area contributed by atoms with Crippen LogP contribution in [0.3, 0.4) is 0 Å². The Morgan fingerprint density at radius 2 is 2.46 bits per heavy atom. The fraction of sp³-hybridized carbons (Fsp3) is 0.286. The van der Waals surface area contributed by atoms with Gasteiger partial charge in [0.15, 0.2) is 16.6 Å². The molecule has 1 rings (SSSR count). The number of rotatable bonds is 3. The Balaban J connectivity index is 3.02. The molecule has 0 saturated carbocycles. The smallest absolute Gasteiger partial charge is 0.183 e. The van der Waals surface area contributed by atoms with E-state index < -0.39 is 0 Å². The molecule has 0 saturated heterocycles. The highest BCUT2D eigenvalue weighted by molar-refractivity contribution is 7.13. The number of carbonyl (C=O) groups is 1. The summed E-state index contributed by atoms with van der Waals surface area (Å²) in [6.45, 7) is 1.40. The maximum atomic E-state index is 11.1. The van der Waals surface area contributed by atoms with Crippen molar-refractivity contribution >= 4 is 28.0 Å². The summed E-state index contributed by atoms with van der Waals surface area (Å²) in [5, 5.41) is 5.63. The van der Waals surface area contributed by atoms with Gasteiger partial charge in [0.25, 0.3) is 0 Å². The van der Waals surface area contributed by atoms with E-state index in [0.29, 0.717) is 10.8 Å². The zero-order valence-electron chi connectivity index (χ0n) is 7.27. The van der Waals surface area contributed by atoms with Crippen molar-refractivity contribution in [2.24, 2.45) is 5.16 Å². The molecule has 1 aromatic heterocycles. The van der Waals surface area contributed by atoms with Crippen molar-refractivity contribution in [3.63, 3.8) is 0 Å². The van der Waals surface area contributed by atoms with Crippen molar-refractivity contribution in [3.8, 4) is 0 Å². The Hall–Kier alpha value is -1.43. The van der Waals surface area contributed by atoms with E-state index in [-0.39, 0.29) is 11.5 Å². The van der Waals surface area contributed by atoms with Crippen LogP contribution >= 0.6 is 11.3 Å². The molecule has 1 heterocycles. The number of nitrogen functional groups attached to an aromatic ring is 1. The number of hydrogen-bond acceptors (Lipinski definition) is 6. The number of thiazole rings is 1. The molecule has 0 spiro atoms. The van der Waals surface area contributed by atoms with Crippen molar-refractivity contribution in [3.05, 3.63) is 11.1 Å². The van der Waals surface area contributed by atoms with Crippen LogP contribution in [0.2, 0.25) is 0 Å². The first kappa shape index (κ1) is 9.66. The lowest BCUT2D eigenvalue weighted by Crippen LogP contribution is -2.12. The predicted octanol–water partition coefficient (Wildman–Crippen LogP) is 0.665. The monoisotopic (exact) mass is 199 g/mol. The van der Waals surface area contributed by atoms with Gasteiger partial charge in [0.05, 0.1) is 0 Å². The highest BCUT2D eigenvalue weighted by Gasteiger charge is 2.13. The molecule has 0 aromatic carbocycles. The van der Waals surface area contributed by atoms with E-state index in [2.05, 4.69) is 15.0 Å². The summed E-state index contributed by atoms with van der Waals surface area (Å²) < 4.78 is 0. The van der Waals surface area contributed by atoms with Gasteiger partial charge in [0.2, 0.25) is 0 Å². The molecule has 5 nitrogen and oxygen atoms in total. The number of nitrogens with zero attached hydrogens (tertiary/aromatic N) is 2. The van der Waals surface area contributed by atoms with E-state index in [0.717, 1.165) is 0 Å². The van der Waals surface area contributed by atoms with Gasteiger partial charge in [-0.25, -0.2) is 4.98 Å². The topological polar surface area (TPSA) is 77.6 Å². The molecule has 70 valence electrons. The molecule has 0 fully saturated rings. The van der Waals surface area contributed by atoms with Crippen LogP contribution in [0.5, 0.6) is 0 Å². The second-order valence-electron chi connectivity index (χ2n) is 2.25. The lowest BCUT2D eigenvalue weighted by Gasteiger charge is -1.95. The van der Waals surface area contributed by atoms with Crippen LogP contribution in [-0.4, -0.2) is 23.6 Å². The third-order valence-corrected chi connectivity index (χ3v) is 1.95. The van der Waals surface area contributed by atoms with Gasteiger partial charge in [-0.1, -0.05) is 5.16 Å². The van der Waals surface area contributed by atoms with Crippen LogP contribution in [-0.2, 0) is 9.63 Å². The Morgan fingerprint density at radius 1 is 1.77 bits per heavy atom. The lowest BCUT2D eigenvalue weighted by atomic mass is 10.2. The zero-order chi connectivity index (χ0) is 9.84. The van der Waals surface area contributed by atoms with Crippen molar-refractivity contribution in [2.75, 3.05) is 12.8 Å². The standard InChI is InChI=1S/C7H9N3O2S/c1-4(11)6(10-12-2)5-3-13-7(8)9-5/h3H,1-2H3,(H2,8,9)/b10-6+. The van der Waals surface area contributed by atoms with Gasteiger partial charge in [0.1, 0.15) is 12.8 Å². The molecule has 6 heteroatoms. The number of oxime groups is 1. The molecular formula is C7H9N3O2S. The minimum atomic E-state index is -0.202. The summed E-state index contributed by atoms with van der Waals surface area (Å²) >= 11 is 1.25. The third-order valence-electron chi connectivity index (χ3n) is 1.28. The van der Waals surface area contributed by atoms with E-state index in [1.54, 1.807) is 5.38 Å². The SMILES string of the molecule is CO/N=C(\C(C)=O)c1csc(N)n1. The highest BCUT2D eigenvalue weighted by Crippen LogP contribution is 2.12. The minimum Gasteiger partial charge on any atom is -0.398 e. The molecule has 0 unspecified atom stereocenters. The minimum absolute atomic E-state index is 0.190. The predicted molar refractivity (Wildman–Crippen MR) is 50.8 cm³/mol. The van der Waals surface area contributed by atoms with Crippen LogP contribution in [0.4, 0.5) is 5.13 Å². The largest absolute Gasteiger partial charge is 0.398 e. The number of Topliss-reactive ketones (excluding diaryl/α,β-unsaturated/α-hetero) is 1. The molecule has 0 atom stereocenters. The van der Waals surface area contributed by atoms with E-state index in [1.807, 2.05) is 0 Å². The Kier molecular flexibility index (Phi) is 2.97. The number of anilines is 1. The van der Waals surface area contributed by atoms with Crippen LogP contribution in [0, 0.1) is 0 Å². The van der Waals surface area contributed by atoms with Gasteiger partial charge in [0, 0.05) is 12.3 Å². The first-order chi connectivity index (χ1) is 6.15. The molecule has 0 aliphatic carbocycles. The summed E-state index contributed by atoms with van der Waals surface area (Å²) in [5.41, 5.74) is 6.06. The maximum Gasteiger partial charge on any atom is 0.183 e. The van der Waals surface area contributed by atoms with Gasteiger partial charge < -0.3 is 10.6 Å². The van der Waals surface area contributed by atoms with Gasteiger partial charge in [-0.15, -0.1) is 11.3 Å². The third kappa shape index (κ3) is 2.25. The molecule has 0 amide bonds. The van der Waals surface area contributed by atoms with Crippen molar-refractivity contribution in [1.29, 1.82) is 0 Å². The summed E-state index contributed by atoms with van der Waals surface area (Å²) in [5.74, 6) is -0.202. The zero-order valence-corrected chi connectivity index (χ0v) is 8.09. The second-order valence-corrected chi connectivity index (χ2v) is 3.14. The summed E-state index contributed by atoms with van der Waals surface area (Å²) in [4.78, 5) is 19.5. The average Bonchev–Trinajstić information content (AvgIpc) is 2.46. The first-order valence-corrected chi connectivity index (χ1v) is 4.36. The fourth-order valence-corrected chi connectivity index (χ4v) is 1.33. The van der Waals surface area contributed by atoms with E-state index in [4.69, 9.17) is 5.73 Å². The Bertz CT molecular complexity index is 345. The molecule has 1 aromatic rings. The maximum absolute atomic E-state index is 11.1. The van der Waals surface area contributed by atoms with Crippen molar-refractivity contribution in [2.45, 2.75) is 6.92 Å². The Morgan fingerprint density at radius 3 is 2.85 bits per heavy atom. The van der Waals surface area contributed by atoms with Gasteiger partial charge in [-0.05, 0) is 0 Å². The molecule has 13 heavy (non-hydrogen) atoms. The average molecular weight is 199 g/mol. The normalized spacial score (nSPS) is 11.4. The fourth-order valence-electron chi connectivity index (χ4n) is 0.779. The molecule has 2 N–H and O–H groups in total. The van der Waals surface area contributed by atoms with Crippen molar-refractivity contribution in [1.82, 2.24) is 4.98 Å². The van der Waals surface area contributed by atoms with Gasteiger partial charge >= 0.3 is 0 Å². The quantitative estimate of drug-likeness (QED) is 0.573. The lowest BCUT2D eigenvalue weighted by molar-refractivity contribution is -0.111. The number of hydrogen-bond donors (Lipinski definition) is 1. The Labute approximate surface area is 79.2 Å².